The molecule has 1 aliphatic carbocycles. The molecule has 51 heavy (non-hydrogen) atoms. The van der Waals surface area contributed by atoms with Crippen molar-refractivity contribution in [2.24, 2.45) is 0 Å². The van der Waals surface area contributed by atoms with E-state index in [1.54, 1.807) is 0 Å². The second kappa shape index (κ2) is 12.1. The van der Waals surface area contributed by atoms with Gasteiger partial charge in [-0.05, 0) is 92.3 Å². The third-order valence-corrected chi connectivity index (χ3v) is 10.5. The fraction of sp³-hybridized carbons (Fsp3) is 0.0408. The zero-order valence-corrected chi connectivity index (χ0v) is 28.1. The Labute approximate surface area is 297 Å². The Kier molecular flexibility index (Phi) is 6.99. The first-order chi connectivity index (χ1) is 25.3. The van der Waals surface area contributed by atoms with Crippen molar-refractivity contribution in [1.29, 1.82) is 0 Å². The summed E-state index contributed by atoms with van der Waals surface area (Å²) in [5, 5.41) is 8.91. The average Bonchev–Trinajstić information content (AvgIpc) is 3.56. The molecule has 10 rings (SSSR count). The third-order valence-electron chi connectivity index (χ3n) is 10.5. The monoisotopic (exact) mass is 650 g/mol. The van der Waals surface area contributed by atoms with Gasteiger partial charge < -0.3 is 4.57 Å². The minimum absolute atomic E-state index is 0.260. The van der Waals surface area contributed by atoms with Crippen LogP contribution in [0, 0.1) is 0 Å². The van der Waals surface area contributed by atoms with E-state index in [2.05, 4.69) is 193 Å². The number of rotatable bonds is 5. The Morgan fingerprint density at radius 3 is 1.67 bits per heavy atom. The van der Waals surface area contributed by atoms with Gasteiger partial charge in [0.2, 0.25) is 0 Å². The van der Waals surface area contributed by atoms with Gasteiger partial charge in [-0.3, -0.25) is 0 Å². The van der Waals surface area contributed by atoms with Crippen LogP contribution in [-0.4, -0.2) is 9.55 Å². The molecule has 9 aromatic rings. The van der Waals surface area contributed by atoms with E-state index >= 15 is 0 Å². The van der Waals surface area contributed by atoms with Crippen molar-refractivity contribution >= 4 is 43.2 Å². The van der Waals surface area contributed by atoms with E-state index in [-0.39, 0.29) is 5.92 Å². The van der Waals surface area contributed by atoms with E-state index in [4.69, 9.17) is 4.98 Å². The molecule has 0 aliphatic heterocycles. The third kappa shape index (κ3) is 4.91. The van der Waals surface area contributed by atoms with Crippen molar-refractivity contribution in [1.82, 2.24) is 9.55 Å². The highest BCUT2D eigenvalue weighted by atomic mass is 15.0. The average molecular weight is 651 g/mol. The van der Waals surface area contributed by atoms with Crippen LogP contribution in [0.2, 0.25) is 0 Å². The summed E-state index contributed by atoms with van der Waals surface area (Å²) in [6.45, 7) is 0. The number of pyridine rings is 1. The molecule has 2 heterocycles. The van der Waals surface area contributed by atoms with Crippen LogP contribution >= 0.6 is 0 Å². The standard InChI is InChI=1S/C49H34N2/c1-4-15-33(16-5-1)48-44-32-36(28-30-47(44)51(37-19-8-3-9-20-37)49(48)34-17-6-2-7-18-34)46-26-14-25-45(50-46)35-27-29-42-40-23-11-10-21-38(40)39-22-12-13-24-41(39)43(42)31-35/h1-15,17-33H,16H2. The molecule has 0 saturated carbocycles. The fourth-order valence-electron chi connectivity index (χ4n) is 8.19. The van der Waals surface area contributed by atoms with E-state index in [0.29, 0.717) is 0 Å². The molecule has 1 unspecified atom stereocenters. The van der Waals surface area contributed by atoms with Crippen molar-refractivity contribution < 1.29 is 0 Å². The van der Waals surface area contributed by atoms with E-state index in [1.807, 2.05) is 0 Å². The van der Waals surface area contributed by atoms with Crippen molar-refractivity contribution in [2.75, 3.05) is 0 Å². The number of allylic oxidation sites excluding steroid dienone is 4. The molecule has 1 aliphatic rings. The maximum Gasteiger partial charge on any atom is 0.0709 e. The van der Waals surface area contributed by atoms with Gasteiger partial charge in [-0.25, -0.2) is 4.98 Å². The highest BCUT2D eigenvalue weighted by Crippen LogP contribution is 2.44. The Bertz CT molecular complexity index is 2790. The summed E-state index contributed by atoms with van der Waals surface area (Å²) in [5.41, 5.74) is 10.3. The molecule has 0 amide bonds. The smallest absolute Gasteiger partial charge is 0.0709 e. The highest BCUT2D eigenvalue weighted by Gasteiger charge is 2.25. The highest BCUT2D eigenvalue weighted by molar-refractivity contribution is 6.25. The lowest BCUT2D eigenvalue weighted by atomic mass is 9.88. The number of nitrogens with zero attached hydrogens (tertiary/aromatic N) is 2. The number of hydrogen-bond acceptors (Lipinski definition) is 1. The van der Waals surface area contributed by atoms with E-state index in [9.17, 15) is 0 Å². The summed E-state index contributed by atoms with van der Waals surface area (Å²) in [6, 6.07) is 59.2. The largest absolute Gasteiger partial charge is 0.309 e. The number of aromatic nitrogens is 2. The predicted octanol–water partition coefficient (Wildman–Crippen LogP) is 13.1. The first-order valence-electron chi connectivity index (χ1n) is 17.8. The molecule has 0 saturated heterocycles. The molecule has 7 aromatic carbocycles. The normalized spacial score (nSPS) is 14.2. The van der Waals surface area contributed by atoms with Gasteiger partial charge in [-0.15, -0.1) is 0 Å². The lowest BCUT2D eigenvalue weighted by Crippen LogP contribution is -2.01. The van der Waals surface area contributed by atoms with Crippen LogP contribution in [-0.2, 0) is 0 Å². The molecular formula is C49H34N2. The molecule has 0 N–H and O–H groups in total. The Hall–Kier alpha value is -6.51. The lowest BCUT2D eigenvalue weighted by molar-refractivity contribution is 0.860. The summed E-state index contributed by atoms with van der Waals surface area (Å²) in [5.74, 6) is 0.260. The quantitative estimate of drug-likeness (QED) is 0.170. The van der Waals surface area contributed by atoms with Gasteiger partial charge in [0.15, 0.2) is 0 Å². The van der Waals surface area contributed by atoms with Gasteiger partial charge in [-0.1, -0.05) is 146 Å². The molecule has 0 fully saturated rings. The van der Waals surface area contributed by atoms with Crippen LogP contribution in [0.4, 0.5) is 0 Å². The molecule has 1 atom stereocenters. The number of fused-ring (bicyclic) bond motifs is 7. The van der Waals surface area contributed by atoms with Gasteiger partial charge in [0, 0.05) is 28.1 Å². The van der Waals surface area contributed by atoms with Crippen LogP contribution in [0.25, 0.3) is 82.7 Å². The van der Waals surface area contributed by atoms with E-state index in [0.717, 1.165) is 34.6 Å². The number of hydrogen-bond donors (Lipinski definition) is 0. The van der Waals surface area contributed by atoms with Gasteiger partial charge in [0.05, 0.1) is 22.6 Å². The molecule has 2 aromatic heterocycles. The van der Waals surface area contributed by atoms with Crippen molar-refractivity contribution in [3.8, 4) is 39.5 Å². The Morgan fingerprint density at radius 1 is 0.451 bits per heavy atom. The molecule has 2 nitrogen and oxygen atoms in total. The summed E-state index contributed by atoms with van der Waals surface area (Å²) >= 11 is 0. The first kappa shape index (κ1) is 29.4. The van der Waals surface area contributed by atoms with E-state index < -0.39 is 0 Å². The minimum atomic E-state index is 0.260. The Balaban J connectivity index is 1.16. The zero-order valence-electron chi connectivity index (χ0n) is 28.1. The van der Waals surface area contributed by atoms with Crippen molar-refractivity contribution in [3.05, 3.63) is 194 Å². The van der Waals surface area contributed by atoms with Crippen LogP contribution in [0.1, 0.15) is 17.9 Å². The van der Waals surface area contributed by atoms with Crippen LogP contribution in [0.3, 0.4) is 0 Å². The van der Waals surface area contributed by atoms with Crippen LogP contribution < -0.4 is 0 Å². The molecule has 2 heteroatoms. The predicted molar refractivity (Wildman–Crippen MR) is 216 cm³/mol. The number of para-hydroxylation sites is 1. The zero-order chi connectivity index (χ0) is 33.7. The number of benzene rings is 7. The fourth-order valence-corrected chi connectivity index (χ4v) is 8.19. The van der Waals surface area contributed by atoms with Gasteiger partial charge >= 0.3 is 0 Å². The second-order valence-corrected chi connectivity index (χ2v) is 13.4. The molecule has 0 bridgehead atoms. The van der Waals surface area contributed by atoms with Gasteiger partial charge in [-0.2, -0.15) is 0 Å². The molecular weight excluding hydrogens is 617 g/mol. The molecule has 240 valence electrons. The van der Waals surface area contributed by atoms with Gasteiger partial charge in [0.1, 0.15) is 0 Å². The van der Waals surface area contributed by atoms with Crippen LogP contribution in [0.5, 0.6) is 0 Å². The second-order valence-electron chi connectivity index (χ2n) is 13.4. The SMILES string of the molecule is C1=CCC(c2c(-c3ccccc3)n(-c3ccccc3)c3ccc(-c4cccc(-c5ccc6c7ccccc7c7ccccc7c6c5)n4)cc23)C=C1. The maximum absolute atomic E-state index is 5.33. The van der Waals surface area contributed by atoms with Crippen molar-refractivity contribution in [2.45, 2.75) is 12.3 Å². The van der Waals surface area contributed by atoms with E-state index in [1.165, 1.54) is 60.0 Å². The van der Waals surface area contributed by atoms with Crippen LogP contribution in [0.15, 0.2) is 188 Å². The first-order valence-corrected chi connectivity index (χ1v) is 17.8. The maximum atomic E-state index is 5.33. The summed E-state index contributed by atoms with van der Waals surface area (Å²) < 4.78 is 2.45. The minimum Gasteiger partial charge on any atom is -0.309 e. The summed E-state index contributed by atoms with van der Waals surface area (Å²) in [7, 11) is 0. The lowest BCUT2D eigenvalue weighted by Gasteiger charge is -2.18. The summed E-state index contributed by atoms with van der Waals surface area (Å²) in [4.78, 5) is 5.33. The van der Waals surface area contributed by atoms with Gasteiger partial charge in [0.25, 0.3) is 0 Å². The Morgan fingerprint density at radius 2 is 1.02 bits per heavy atom. The molecule has 0 spiro atoms. The topological polar surface area (TPSA) is 17.8 Å². The van der Waals surface area contributed by atoms with Crippen molar-refractivity contribution in [3.63, 3.8) is 0 Å². The summed E-state index contributed by atoms with van der Waals surface area (Å²) in [6.07, 6.45) is 9.96. The molecule has 0 radical (unpaired) electrons.